The molecule has 3 heteroatoms. The van der Waals surface area contributed by atoms with E-state index in [2.05, 4.69) is 4.98 Å². The number of carbonyl (C=O) groups excluding carboxylic acids is 1. The van der Waals surface area contributed by atoms with Crippen molar-refractivity contribution >= 4 is 5.78 Å². The fourth-order valence-electron chi connectivity index (χ4n) is 2.80. The van der Waals surface area contributed by atoms with Crippen LogP contribution in [0.5, 0.6) is 0 Å². The minimum atomic E-state index is 0.0379. The summed E-state index contributed by atoms with van der Waals surface area (Å²) in [6, 6.07) is 0. The number of rotatable bonds is 0. The summed E-state index contributed by atoms with van der Waals surface area (Å²) < 4.78 is 0. The van der Waals surface area contributed by atoms with E-state index in [9.17, 15) is 9.59 Å². The summed E-state index contributed by atoms with van der Waals surface area (Å²) in [6.45, 7) is 0. The third-order valence-corrected chi connectivity index (χ3v) is 3.47. The fourth-order valence-corrected chi connectivity index (χ4v) is 2.80. The van der Waals surface area contributed by atoms with Gasteiger partial charge >= 0.3 is 0 Å². The lowest BCUT2D eigenvalue weighted by Gasteiger charge is -2.17. The largest absolute Gasteiger partial charge is 0.325 e. The van der Waals surface area contributed by atoms with E-state index in [4.69, 9.17) is 0 Å². The Kier molecular flexibility index (Phi) is 1.81. The molecule has 78 valence electrons. The fraction of sp³-hybridized carbons (Fsp3) is 0.500. The number of carbonyl (C=O) groups is 1. The molecule has 0 aromatic carbocycles. The van der Waals surface area contributed by atoms with Crippen LogP contribution >= 0.6 is 0 Å². The van der Waals surface area contributed by atoms with Gasteiger partial charge in [0.2, 0.25) is 0 Å². The Morgan fingerprint density at radius 2 is 1.60 bits per heavy atom. The molecule has 0 aliphatic heterocycles. The molecule has 2 aliphatic rings. The molecule has 3 nitrogen and oxygen atoms in total. The molecule has 3 rings (SSSR count). The zero-order valence-corrected chi connectivity index (χ0v) is 8.56. The van der Waals surface area contributed by atoms with Crippen LogP contribution in [-0.2, 0) is 19.3 Å². The van der Waals surface area contributed by atoms with Crippen molar-refractivity contribution in [1.29, 1.82) is 0 Å². The third-order valence-electron chi connectivity index (χ3n) is 3.47. The number of nitrogens with one attached hydrogen (secondary N) is 1. The monoisotopic (exact) mass is 203 g/mol. The Hall–Kier alpha value is -1.38. The van der Waals surface area contributed by atoms with Crippen LogP contribution in [0.2, 0.25) is 0 Å². The molecular formula is C12H13NO2. The summed E-state index contributed by atoms with van der Waals surface area (Å²) in [6.07, 6.45) is 5.14. The highest BCUT2D eigenvalue weighted by molar-refractivity contribution is 5.99. The zero-order valence-electron chi connectivity index (χ0n) is 8.56. The van der Waals surface area contributed by atoms with Crippen molar-refractivity contribution in [2.45, 2.75) is 38.5 Å². The highest BCUT2D eigenvalue weighted by Gasteiger charge is 2.27. The topological polar surface area (TPSA) is 49.9 Å². The number of ketones is 1. The number of H-pyrrole nitrogens is 1. The summed E-state index contributed by atoms with van der Waals surface area (Å²) in [5.74, 6) is 0.227. The van der Waals surface area contributed by atoms with E-state index in [1.807, 2.05) is 0 Å². The molecule has 15 heavy (non-hydrogen) atoms. The molecule has 0 bridgehead atoms. The van der Waals surface area contributed by atoms with Crippen LogP contribution in [0.3, 0.4) is 0 Å². The average Bonchev–Trinajstić information content (AvgIpc) is 2.66. The SMILES string of the molecule is O=C1CCCc2[nH]c(=O)c3c(c21)CCC3. The molecule has 0 radical (unpaired) electrons. The number of fused-ring (bicyclic) bond motifs is 3. The van der Waals surface area contributed by atoms with E-state index >= 15 is 0 Å². The molecule has 0 saturated heterocycles. The van der Waals surface area contributed by atoms with Crippen molar-refractivity contribution in [3.8, 4) is 0 Å². The highest BCUT2D eigenvalue weighted by Crippen LogP contribution is 2.28. The molecule has 0 fully saturated rings. The van der Waals surface area contributed by atoms with Crippen molar-refractivity contribution < 1.29 is 4.79 Å². The number of hydrogen-bond acceptors (Lipinski definition) is 2. The van der Waals surface area contributed by atoms with Crippen LogP contribution in [0.25, 0.3) is 0 Å². The van der Waals surface area contributed by atoms with E-state index < -0.39 is 0 Å². The Morgan fingerprint density at radius 1 is 0.867 bits per heavy atom. The second-order valence-electron chi connectivity index (χ2n) is 4.40. The predicted octanol–water partition coefficient (Wildman–Crippen LogP) is 1.38. The van der Waals surface area contributed by atoms with Crippen LogP contribution in [-0.4, -0.2) is 10.8 Å². The number of pyridine rings is 1. The van der Waals surface area contributed by atoms with Crippen molar-refractivity contribution in [3.05, 3.63) is 32.7 Å². The zero-order chi connectivity index (χ0) is 10.4. The standard InChI is InChI=1S/C12H13NO2/c14-10-6-2-5-9-11(10)7-3-1-4-8(7)12(15)13-9/h1-6H2,(H,13,15). The van der Waals surface area contributed by atoms with Crippen molar-refractivity contribution in [3.63, 3.8) is 0 Å². The lowest BCUT2D eigenvalue weighted by molar-refractivity contribution is 0.0970. The summed E-state index contributed by atoms with van der Waals surface area (Å²) in [5, 5.41) is 0. The van der Waals surface area contributed by atoms with Gasteiger partial charge in [0.25, 0.3) is 5.56 Å². The maximum absolute atomic E-state index is 11.8. The quantitative estimate of drug-likeness (QED) is 0.692. The molecule has 0 unspecified atom stereocenters. The van der Waals surface area contributed by atoms with Gasteiger partial charge in [-0.15, -0.1) is 0 Å². The number of aromatic amines is 1. The molecule has 1 heterocycles. The Bertz CT molecular complexity index is 499. The van der Waals surface area contributed by atoms with Gasteiger partial charge in [0, 0.05) is 23.2 Å². The van der Waals surface area contributed by atoms with Crippen LogP contribution in [0, 0.1) is 0 Å². The molecule has 0 amide bonds. The van der Waals surface area contributed by atoms with Crippen LogP contribution in [0.1, 0.15) is 46.4 Å². The first-order valence-corrected chi connectivity index (χ1v) is 5.57. The van der Waals surface area contributed by atoms with Crippen molar-refractivity contribution in [1.82, 2.24) is 4.98 Å². The van der Waals surface area contributed by atoms with E-state index in [1.165, 1.54) is 0 Å². The Morgan fingerprint density at radius 3 is 2.47 bits per heavy atom. The normalized spacial score (nSPS) is 18.8. The summed E-state index contributed by atoms with van der Waals surface area (Å²) in [7, 11) is 0. The minimum Gasteiger partial charge on any atom is -0.325 e. The predicted molar refractivity (Wildman–Crippen MR) is 56.4 cm³/mol. The molecule has 2 aliphatic carbocycles. The molecule has 1 aromatic heterocycles. The highest BCUT2D eigenvalue weighted by atomic mass is 16.1. The number of Topliss-reactive ketones (excluding diaryl/α,β-unsaturated/α-hetero) is 1. The minimum absolute atomic E-state index is 0.0379. The smallest absolute Gasteiger partial charge is 0.251 e. The van der Waals surface area contributed by atoms with Crippen LogP contribution in [0.15, 0.2) is 4.79 Å². The van der Waals surface area contributed by atoms with E-state index in [0.717, 1.165) is 54.5 Å². The van der Waals surface area contributed by atoms with Crippen LogP contribution in [0.4, 0.5) is 0 Å². The first-order chi connectivity index (χ1) is 7.27. The Balaban J connectivity index is 2.33. The maximum atomic E-state index is 11.8. The summed E-state index contributed by atoms with van der Waals surface area (Å²) in [5.41, 5.74) is 3.70. The van der Waals surface area contributed by atoms with Gasteiger partial charge in [0.15, 0.2) is 5.78 Å². The van der Waals surface area contributed by atoms with Gasteiger partial charge in [-0.3, -0.25) is 9.59 Å². The molecule has 1 aromatic rings. The van der Waals surface area contributed by atoms with E-state index in [0.29, 0.717) is 6.42 Å². The second-order valence-corrected chi connectivity index (χ2v) is 4.40. The summed E-state index contributed by atoms with van der Waals surface area (Å²) >= 11 is 0. The lowest BCUT2D eigenvalue weighted by atomic mass is 9.90. The number of aromatic nitrogens is 1. The van der Waals surface area contributed by atoms with Gasteiger partial charge in [0.05, 0.1) is 0 Å². The second kappa shape index (κ2) is 3.05. The van der Waals surface area contributed by atoms with Crippen molar-refractivity contribution in [2.75, 3.05) is 0 Å². The van der Waals surface area contributed by atoms with Crippen molar-refractivity contribution in [2.24, 2.45) is 0 Å². The molecule has 0 atom stereocenters. The first kappa shape index (κ1) is 8.89. The molecule has 0 saturated carbocycles. The van der Waals surface area contributed by atoms with Gasteiger partial charge in [-0.05, 0) is 37.7 Å². The Labute approximate surface area is 87.5 Å². The van der Waals surface area contributed by atoms with E-state index in [-0.39, 0.29) is 11.3 Å². The van der Waals surface area contributed by atoms with Gasteiger partial charge in [-0.2, -0.15) is 0 Å². The summed E-state index contributed by atoms with van der Waals surface area (Å²) in [4.78, 5) is 26.4. The average molecular weight is 203 g/mol. The molecular weight excluding hydrogens is 190 g/mol. The van der Waals surface area contributed by atoms with Gasteiger partial charge in [-0.25, -0.2) is 0 Å². The van der Waals surface area contributed by atoms with Gasteiger partial charge < -0.3 is 4.98 Å². The third kappa shape index (κ3) is 1.19. The number of hydrogen-bond donors (Lipinski definition) is 1. The van der Waals surface area contributed by atoms with Crippen LogP contribution < -0.4 is 5.56 Å². The molecule has 1 N–H and O–H groups in total. The number of aryl methyl sites for hydroxylation is 1. The van der Waals surface area contributed by atoms with Gasteiger partial charge in [0.1, 0.15) is 0 Å². The van der Waals surface area contributed by atoms with Gasteiger partial charge in [-0.1, -0.05) is 0 Å². The molecule has 0 spiro atoms. The first-order valence-electron chi connectivity index (χ1n) is 5.57. The lowest BCUT2D eigenvalue weighted by Crippen LogP contribution is -2.23. The maximum Gasteiger partial charge on any atom is 0.251 e. The van der Waals surface area contributed by atoms with E-state index in [1.54, 1.807) is 0 Å².